The minimum atomic E-state index is -0.201. The Labute approximate surface area is 212 Å². The third-order valence-corrected chi connectivity index (χ3v) is 5.70. The lowest BCUT2D eigenvalue weighted by Crippen LogP contribution is -2.27. The number of aliphatic hydroxyl groups is 1. The first-order valence-electron chi connectivity index (χ1n) is 11.7. The molecule has 192 valence electrons. The van der Waals surface area contributed by atoms with Gasteiger partial charge in [0.2, 0.25) is 11.5 Å². The van der Waals surface area contributed by atoms with Crippen LogP contribution in [0.2, 0.25) is 0 Å². The molecule has 0 amide bonds. The third-order valence-electron chi connectivity index (χ3n) is 5.70. The Bertz CT molecular complexity index is 1230. The summed E-state index contributed by atoms with van der Waals surface area (Å²) in [6.45, 7) is 12.1. The largest absolute Gasteiger partial charge is 0.491 e. The molecule has 0 saturated heterocycles. The van der Waals surface area contributed by atoms with Crippen molar-refractivity contribution >= 4 is 23.8 Å². The van der Waals surface area contributed by atoms with Gasteiger partial charge in [-0.3, -0.25) is 10.2 Å². The van der Waals surface area contributed by atoms with E-state index in [1.165, 1.54) is 9.20 Å². The number of carbonyl (C=O) groups excluding carboxylic acids is 1. The van der Waals surface area contributed by atoms with E-state index in [9.17, 15) is 4.79 Å². The van der Waals surface area contributed by atoms with E-state index in [1.807, 2.05) is 25.1 Å². The van der Waals surface area contributed by atoms with Gasteiger partial charge < -0.3 is 14.6 Å². The molecule has 0 spiro atoms. The number of hydrogen-bond acceptors (Lipinski definition) is 7. The van der Waals surface area contributed by atoms with E-state index in [2.05, 4.69) is 44.8 Å². The maximum absolute atomic E-state index is 13.2. The second kappa shape index (κ2) is 11.7. The topological polar surface area (TPSA) is 115 Å². The maximum Gasteiger partial charge on any atom is 0.242 e. The molecule has 0 aliphatic heterocycles. The summed E-state index contributed by atoms with van der Waals surface area (Å²) in [4.78, 5) is 13.2. The molecule has 0 aliphatic rings. The SMILES string of the molecule is CCC(CC)Oc1cc(C)c2nn(CC(=O)c3cc(OCCO)cc(C(C)(C)C)c3)c(=N)n2n1.Cl. The van der Waals surface area contributed by atoms with Gasteiger partial charge in [-0.1, -0.05) is 34.6 Å². The Hall–Kier alpha value is -2.91. The zero-order valence-corrected chi connectivity index (χ0v) is 22.1. The zero-order chi connectivity index (χ0) is 25.0. The monoisotopic (exact) mass is 505 g/mol. The number of halogens is 1. The normalized spacial score (nSPS) is 11.5. The van der Waals surface area contributed by atoms with Crippen LogP contribution in [0.3, 0.4) is 0 Å². The molecule has 10 heteroatoms. The molecule has 0 fully saturated rings. The molecule has 2 heterocycles. The van der Waals surface area contributed by atoms with Crippen molar-refractivity contribution in [3.63, 3.8) is 0 Å². The first-order valence-corrected chi connectivity index (χ1v) is 11.7. The third kappa shape index (κ3) is 6.61. The second-order valence-electron chi connectivity index (χ2n) is 9.43. The molecular formula is C25H36ClN5O4. The lowest BCUT2D eigenvalue weighted by Gasteiger charge is -2.21. The Morgan fingerprint density at radius 1 is 1.14 bits per heavy atom. The van der Waals surface area contributed by atoms with Crippen LogP contribution in [-0.2, 0) is 12.0 Å². The summed E-state index contributed by atoms with van der Waals surface area (Å²) in [5, 5.41) is 26.6. The van der Waals surface area contributed by atoms with Gasteiger partial charge in [0.15, 0.2) is 11.4 Å². The number of hydrogen-bond donors (Lipinski definition) is 2. The average molecular weight is 506 g/mol. The van der Waals surface area contributed by atoms with Gasteiger partial charge in [-0.2, -0.15) is 4.52 Å². The highest BCUT2D eigenvalue weighted by Crippen LogP contribution is 2.28. The lowest BCUT2D eigenvalue weighted by atomic mass is 9.85. The minimum Gasteiger partial charge on any atom is -0.491 e. The number of rotatable bonds is 10. The smallest absolute Gasteiger partial charge is 0.242 e. The van der Waals surface area contributed by atoms with E-state index in [1.54, 1.807) is 6.07 Å². The van der Waals surface area contributed by atoms with E-state index in [0.29, 0.717) is 22.8 Å². The van der Waals surface area contributed by atoms with Gasteiger partial charge in [0.05, 0.1) is 12.7 Å². The Morgan fingerprint density at radius 3 is 2.43 bits per heavy atom. The van der Waals surface area contributed by atoms with Crippen molar-refractivity contribution < 1.29 is 19.4 Å². The number of ketones is 1. The quantitative estimate of drug-likeness (QED) is 0.404. The summed E-state index contributed by atoms with van der Waals surface area (Å²) in [6, 6.07) is 7.20. The zero-order valence-electron chi connectivity index (χ0n) is 21.3. The van der Waals surface area contributed by atoms with Gasteiger partial charge in [0.25, 0.3) is 0 Å². The number of nitrogens with one attached hydrogen (secondary N) is 1. The number of fused-ring (bicyclic) bond motifs is 1. The molecular weight excluding hydrogens is 470 g/mol. The molecule has 2 aromatic heterocycles. The van der Waals surface area contributed by atoms with Crippen molar-refractivity contribution in [1.82, 2.24) is 19.4 Å². The predicted octanol–water partition coefficient (Wildman–Crippen LogP) is 3.86. The van der Waals surface area contributed by atoms with Crippen LogP contribution in [0.4, 0.5) is 0 Å². The van der Waals surface area contributed by atoms with E-state index in [-0.39, 0.29) is 55.1 Å². The standard InChI is InChI=1S/C25H35N5O4.ClH/c1-7-19(8-2)34-22-11-16(3)23-28-29(24(26)30(23)27-22)15-21(32)17-12-18(25(4,5)6)14-20(13-17)33-10-9-31;/h11-14,19,26,31H,7-10,15H2,1-6H3;1H. The van der Waals surface area contributed by atoms with Crippen LogP contribution in [0.5, 0.6) is 11.6 Å². The van der Waals surface area contributed by atoms with Crippen molar-refractivity contribution in [2.24, 2.45) is 0 Å². The van der Waals surface area contributed by atoms with Crippen LogP contribution < -0.4 is 15.1 Å². The summed E-state index contributed by atoms with van der Waals surface area (Å²) < 4.78 is 14.3. The van der Waals surface area contributed by atoms with Crippen molar-refractivity contribution in [3.8, 4) is 11.6 Å². The van der Waals surface area contributed by atoms with E-state index in [0.717, 1.165) is 24.0 Å². The van der Waals surface area contributed by atoms with Crippen LogP contribution in [-0.4, -0.2) is 49.6 Å². The van der Waals surface area contributed by atoms with Gasteiger partial charge in [-0.15, -0.1) is 22.6 Å². The van der Waals surface area contributed by atoms with Crippen LogP contribution in [0, 0.1) is 12.3 Å². The van der Waals surface area contributed by atoms with Gasteiger partial charge in [-0.25, -0.2) is 4.68 Å². The van der Waals surface area contributed by atoms with Crippen LogP contribution in [0.1, 0.15) is 68.9 Å². The molecule has 0 aliphatic carbocycles. The fourth-order valence-corrected chi connectivity index (χ4v) is 3.59. The Kier molecular flexibility index (Phi) is 9.45. The highest BCUT2D eigenvalue weighted by atomic mass is 35.5. The van der Waals surface area contributed by atoms with Gasteiger partial charge in [-0.05, 0) is 48.9 Å². The number of aromatic nitrogens is 4. The summed E-state index contributed by atoms with van der Waals surface area (Å²) >= 11 is 0. The first kappa shape index (κ1) is 28.3. The number of aliphatic hydroxyl groups excluding tert-OH is 1. The molecule has 0 saturated carbocycles. The lowest BCUT2D eigenvalue weighted by molar-refractivity contribution is 0.0965. The van der Waals surface area contributed by atoms with Gasteiger partial charge in [0.1, 0.15) is 18.9 Å². The number of carbonyl (C=O) groups is 1. The average Bonchev–Trinajstić information content (AvgIpc) is 3.11. The fraction of sp³-hybridized carbons (Fsp3) is 0.520. The Morgan fingerprint density at radius 2 is 1.83 bits per heavy atom. The summed E-state index contributed by atoms with van der Waals surface area (Å²) in [5.74, 6) is 0.760. The van der Waals surface area contributed by atoms with E-state index >= 15 is 0 Å². The highest BCUT2D eigenvalue weighted by Gasteiger charge is 2.20. The Balaban J connectivity index is 0.00000432. The van der Waals surface area contributed by atoms with Crippen LogP contribution in [0.15, 0.2) is 24.3 Å². The number of Topliss-reactive ketones (excluding diaryl/α,β-unsaturated/α-hetero) is 1. The highest BCUT2D eigenvalue weighted by molar-refractivity contribution is 5.96. The summed E-state index contributed by atoms with van der Waals surface area (Å²) in [7, 11) is 0. The molecule has 35 heavy (non-hydrogen) atoms. The van der Waals surface area contributed by atoms with Crippen LogP contribution in [0.25, 0.3) is 5.65 Å². The molecule has 0 radical (unpaired) electrons. The molecule has 3 aromatic rings. The molecule has 1 aromatic carbocycles. The van der Waals surface area contributed by atoms with Crippen molar-refractivity contribution in [2.75, 3.05) is 13.2 Å². The second-order valence-corrected chi connectivity index (χ2v) is 9.43. The predicted molar refractivity (Wildman–Crippen MR) is 136 cm³/mol. The summed E-state index contributed by atoms with van der Waals surface area (Å²) in [5.41, 5.74) is 2.52. The fourth-order valence-electron chi connectivity index (χ4n) is 3.59. The number of nitrogens with zero attached hydrogens (tertiary/aromatic N) is 4. The number of aryl methyl sites for hydroxylation is 1. The number of benzene rings is 1. The van der Waals surface area contributed by atoms with Gasteiger partial charge in [0, 0.05) is 17.2 Å². The van der Waals surface area contributed by atoms with Crippen molar-refractivity contribution in [1.29, 1.82) is 5.41 Å². The molecule has 0 unspecified atom stereocenters. The summed E-state index contributed by atoms with van der Waals surface area (Å²) in [6.07, 6.45) is 1.77. The molecule has 9 nitrogen and oxygen atoms in total. The molecule has 2 N–H and O–H groups in total. The minimum absolute atomic E-state index is 0. The van der Waals surface area contributed by atoms with Crippen molar-refractivity contribution in [2.45, 2.75) is 72.4 Å². The van der Waals surface area contributed by atoms with E-state index < -0.39 is 0 Å². The maximum atomic E-state index is 13.2. The molecule has 3 rings (SSSR count). The number of ether oxygens (including phenoxy) is 2. The van der Waals surface area contributed by atoms with Crippen LogP contribution >= 0.6 is 12.4 Å². The molecule has 0 bridgehead atoms. The molecule has 0 atom stereocenters. The first-order chi connectivity index (χ1) is 16.1. The van der Waals surface area contributed by atoms with Gasteiger partial charge >= 0.3 is 0 Å². The van der Waals surface area contributed by atoms with E-state index in [4.69, 9.17) is 20.0 Å². The van der Waals surface area contributed by atoms with Crippen molar-refractivity contribution in [3.05, 3.63) is 46.6 Å².